The van der Waals surface area contributed by atoms with Crippen molar-refractivity contribution in [1.82, 2.24) is 15.0 Å². The minimum absolute atomic E-state index is 0.370. The van der Waals surface area contributed by atoms with Gasteiger partial charge in [-0.2, -0.15) is 4.98 Å². The smallest absolute Gasteiger partial charge is 0.320 e. The Kier molecular flexibility index (Phi) is 4.62. The first-order valence-corrected chi connectivity index (χ1v) is 5.64. The number of carboxylic acid groups (broad SMARTS) is 1. The van der Waals surface area contributed by atoms with E-state index in [0.717, 1.165) is 6.42 Å². The van der Waals surface area contributed by atoms with Crippen LogP contribution in [0.5, 0.6) is 0 Å². The van der Waals surface area contributed by atoms with Crippen LogP contribution in [0.15, 0.2) is 4.52 Å². The van der Waals surface area contributed by atoms with Crippen LogP contribution in [0, 0.1) is 5.92 Å². The average Bonchev–Trinajstić information content (AvgIpc) is 2.63. The van der Waals surface area contributed by atoms with Gasteiger partial charge < -0.3 is 9.63 Å². The predicted octanol–water partition coefficient (Wildman–Crippen LogP) is 1.17. The third-order valence-corrected chi connectivity index (χ3v) is 2.50. The van der Waals surface area contributed by atoms with Crippen LogP contribution in [0.3, 0.4) is 0 Å². The molecule has 6 nitrogen and oxygen atoms in total. The molecule has 1 aromatic rings. The predicted molar refractivity (Wildman–Crippen MR) is 61.4 cm³/mol. The number of hydrogen-bond acceptors (Lipinski definition) is 5. The molecule has 0 saturated carbocycles. The summed E-state index contributed by atoms with van der Waals surface area (Å²) in [7, 11) is 1.72. The molecule has 1 atom stereocenters. The Balaban J connectivity index is 2.57. The van der Waals surface area contributed by atoms with Crippen molar-refractivity contribution >= 4 is 5.97 Å². The zero-order chi connectivity index (χ0) is 13.0. The lowest BCUT2D eigenvalue weighted by Crippen LogP contribution is -2.35. The summed E-state index contributed by atoms with van der Waals surface area (Å²) in [6.07, 6.45) is 0.741. The molecule has 0 fully saturated rings. The Morgan fingerprint density at radius 1 is 1.47 bits per heavy atom. The van der Waals surface area contributed by atoms with Crippen molar-refractivity contribution in [2.24, 2.45) is 5.92 Å². The fourth-order valence-electron chi connectivity index (χ4n) is 1.34. The molecule has 0 amide bonds. The van der Waals surface area contributed by atoms with Crippen LogP contribution < -0.4 is 0 Å². The van der Waals surface area contributed by atoms with E-state index in [1.807, 2.05) is 0 Å². The molecule has 0 bridgehead atoms. The Morgan fingerprint density at radius 2 is 2.12 bits per heavy atom. The zero-order valence-electron chi connectivity index (χ0n) is 10.7. The van der Waals surface area contributed by atoms with Crippen LogP contribution in [0.25, 0.3) is 0 Å². The van der Waals surface area contributed by atoms with Crippen LogP contribution in [-0.2, 0) is 17.8 Å². The summed E-state index contributed by atoms with van der Waals surface area (Å²) in [6, 6.07) is -0.568. The number of carbonyl (C=O) groups is 1. The number of aromatic nitrogens is 2. The molecule has 1 rings (SSSR count). The summed E-state index contributed by atoms with van der Waals surface area (Å²) in [4.78, 5) is 16.7. The first-order chi connectivity index (χ1) is 7.90. The number of carboxylic acids is 1. The molecule has 96 valence electrons. The van der Waals surface area contributed by atoms with Gasteiger partial charge in [0.1, 0.15) is 6.04 Å². The standard InChI is InChI=1S/C11H19N3O3/c1-7(2)5-10-12-9(13-17-10)6-14(4)8(3)11(15)16/h7-8H,5-6H2,1-4H3,(H,15,16). The molecule has 0 aliphatic carbocycles. The van der Waals surface area contributed by atoms with E-state index in [9.17, 15) is 4.79 Å². The fourth-order valence-corrected chi connectivity index (χ4v) is 1.34. The van der Waals surface area contributed by atoms with Gasteiger partial charge in [-0.15, -0.1) is 0 Å². The molecular formula is C11H19N3O3. The highest BCUT2D eigenvalue weighted by molar-refractivity contribution is 5.72. The van der Waals surface area contributed by atoms with Gasteiger partial charge >= 0.3 is 5.97 Å². The van der Waals surface area contributed by atoms with E-state index in [1.165, 1.54) is 0 Å². The van der Waals surface area contributed by atoms with Gasteiger partial charge in [-0.1, -0.05) is 19.0 Å². The molecule has 1 aromatic heterocycles. The van der Waals surface area contributed by atoms with E-state index < -0.39 is 12.0 Å². The van der Waals surface area contributed by atoms with Gasteiger partial charge in [0.05, 0.1) is 6.54 Å². The molecule has 0 aliphatic heterocycles. The third-order valence-electron chi connectivity index (χ3n) is 2.50. The first kappa shape index (κ1) is 13.6. The van der Waals surface area contributed by atoms with Crippen molar-refractivity contribution in [3.05, 3.63) is 11.7 Å². The molecule has 1 unspecified atom stereocenters. The lowest BCUT2D eigenvalue weighted by atomic mass is 10.1. The van der Waals surface area contributed by atoms with Crippen molar-refractivity contribution in [1.29, 1.82) is 0 Å². The number of aliphatic carboxylic acids is 1. The molecule has 0 saturated heterocycles. The Morgan fingerprint density at radius 3 is 2.65 bits per heavy atom. The first-order valence-electron chi connectivity index (χ1n) is 5.64. The molecule has 0 aromatic carbocycles. The zero-order valence-corrected chi connectivity index (χ0v) is 10.7. The van der Waals surface area contributed by atoms with Gasteiger partial charge in [0.25, 0.3) is 0 Å². The number of likely N-dealkylation sites (N-methyl/N-ethyl adjacent to an activating group) is 1. The highest BCUT2D eigenvalue weighted by Gasteiger charge is 2.19. The minimum Gasteiger partial charge on any atom is -0.480 e. The maximum atomic E-state index is 10.8. The average molecular weight is 241 g/mol. The van der Waals surface area contributed by atoms with E-state index in [-0.39, 0.29) is 0 Å². The third kappa shape index (κ3) is 4.14. The maximum absolute atomic E-state index is 10.8. The van der Waals surface area contributed by atoms with E-state index in [1.54, 1.807) is 18.9 Å². The van der Waals surface area contributed by atoms with Crippen molar-refractivity contribution in [3.63, 3.8) is 0 Å². The lowest BCUT2D eigenvalue weighted by molar-refractivity contribution is -0.142. The molecule has 6 heteroatoms. The number of nitrogens with zero attached hydrogens (tertiary/aromatic N) is 3. The lowest BCUT2D eigenvalue weighted by Gasteiger charge is -2.18. The van der Waals surface area contributed by atoms with Crippen LogP contribution >= 0.6 is 0 Å². The van der Waals surface area contributed by atoms with Crippen LogP contribution in [0.1, 0.15) is 32.5 Å². The quantitative estimate of drug-likeness (QED) is 0.805. The molecule has 17 heavy (non-hydrogen) atoms. The van der Waals surface area contributed by atoms with Crippen molar-refractivity contribution in [2.75, 3.05) is 7.05 Å². The van der Waals surface area contributed by atoms with Crippen LogP contribution in [0.4, 0.5) is 0 Å². The summed E-state index contributed by atoms with van der Waals surface area (Å²) in [5, 5.41) is 12.7. The topological polar surface area (TPSA) is 79.5 Å². The monoisotopic (exact) mass is 241 g/mol. The molecule has 1 N–H and O–H groups in total. The fraction of sp³-hybridized carbons (Fsp3) is 0.727. The van der Waals surface area contributed by atoms with Gasteiger partial charge in [-0.3, -0.25) is 9.69 Å². The SMILES string of the molecule is CC(C)Cc1nc(CN(C)C(C)C(=O)O)no1. The molecular weight excluding hydrogens is 222 g/mol. The van der Waals surface area contributed by atoms with Gasteiger partial charge in [0.15, 0.2) is 5.82 Å². The largest absolute Gasteiger partial charge is 0.480 e. The summed E-state index contributed by atoms with van der Waals surface area (Å²) in [5.74, 6) is 0.722. The van der Waals surface area contributed by atoms with Gasteiger partial charge in [-0.05, 0) is 19.9 Å². The summed E-state index contributed by atoms with van der Waals surface area (Å²) >= 11 is 0. The van der Waals surface area contributed by atoms with Gasteiger partial charge in [0, 0.05) is 6.42 Å². The Labute approximate surface area is 101 Å². The maximum Gasteiger partial charge on any atom is 0.320 e. The minimum atomic E-state index is -0.863. The van der Waals surface area contributed by atoms with E-state index >= 15 is 0 Å². The molecule has 0 radical (unpaired) electrons. The Hall–Kier alpha value is -1.43. The molecule has 0 aliphatic rings. The number of hydrogen-bond donors (Lipinski definition) is 1. The summed E-state index contributed by atoms with van der Waals surface area (Å²) in [6.45, 7) is 6.14. The van der Waals surface area contributed by atoms with E-state index in [2.05, 4.69) is 24.0 Å². The summed E-state index contributed by atoms with van der Waals surface area (Å²) < 4.78 is 5.08. The van der Waals surface area contributed by atoms with Gasteiger partial charge in [0.2, 0.25) is 5.89 Å². The summed E-state index contributed by atoms with van der Waals surface area (Å²) in [5.41, 5.74) is 0. The van der Waals surface area contributed by atoms with Gasteiger partial charge in [-0.25, -0.2) is 0 Å². The second-order valence-electron chi connectivity index (χ2n) is 4.63. The van der Waals surface area contributed by atoms with Crippen LogP contribution in [0.2, 0.25) is 0 Å². The van der Waals surface area contributed by atoms with E-state index in [4.69, 9.17) is 9.63 Å². The number of rotatable bonds is 6. The van der Waals surface area contributed by atoms with Crippen molar-refractivity contribution < 1.29 is 14.4 Å². The van der Waals surface area contributed by atoms with Crippen LogP contribution in [-0.4, -0.2) is 39.2 Å². The second-order valence-corrected chi connectivity index (χ2v) is 4.63. The highest BCUT2D eigenvalue weighted by atomic mass is 16.5. The highest BCUT2D eigenvalue weighted by Crippen LogP contribution is 2.08. The normalized spacial score (nSPS) is 13.3. The van der Waals surface area contributed by atoms with Crippen molar-refractivity contribution in [3.8, 4) is 0 Å². The van der Waals surface area contributed by atoms with Crippen molar-refractivity contribution in [2.45, 2.75) is 39.8 Å². The second kappa shape index (κ2) is 5.77. The van der Waals surface area contributed by atoms with E-state index in [0.29, 0.717) is 24.2 Å². The molecule has 1 heterocycles. The Bertz CT molecular complexity index is 376. The molecule has 0 spiro atoms.